The number of hydrogen-bond donors (Lipinski definition) is 1. The minimum Gasteiger partial charge on any atom is -0.354 e. The first kappa shape index (κ1) is 16.7. The van der Waals surface area contributed by atoms with Crippen molar-refractivity contribution in [3.05, 3.63) is 46.3 Å². The van der Waals surface area contributed by atoms with Crippen molar-refractivity contribution in [2.75, 3.05) is 23.8 Å². The molecule has 1 aromatic carbocycles. The lowest BCUT2D eigenvalue weighted by molar-refractivity contribution is -0.383. The molecular weight excluding hydrogens is 294 g/mol. The molecule has 0 spiro atoms. The molecule has 1 heterocycles. The topological polar surface area (TPSA) is 84.2 Å². The number of rotatable bonds is 7. The molecule has 2 aromatic rings. The highest BCUT2D eigenvalue weighted by atomic mass is 16.6. The van der Waals surface area contributed by atoms with Crippen molar-refractivity contribution in [3.63, 3.8) is 0 Å². The van der Waals surface area contributed by atoms with Crippen molar-refractivity contribution in [1.82, 2.24) is 9.97 Å². The molecule has 0 aliphatic carbocycles. The Kier molecular flexibility index (Phi) is 5.46. The summed E-state index contributed by atoms with van der Waals surface area (Å²) < 4.78 is 0. The Morgan fingerprint density at radius 3 is 2.57 bits per heavy atom. The monoisotopic (exact) mass is 315 g/mol. The Morgan fingerprint density at radius 1 is 1.26 bits per heavy atom. The van der Waals surface area contributed by atoms with Gasteiger partial charge in [0.05, 0.1) is 4.92 Å². The van der Waals surface area contributed by atoms with Crippen molar-refractivity contribution in [2.45, 2.75) is 26.7 Å². The van der Waals surface area contributed by atoms with Gasteiger partial charge < -0.3 is 10.2 Å². The van der Waals surface area contributed by atoms with Crippen LogP contribution in [-0.2, 0) is 0 Å². The lowest BCUT2D eigenvalue weighted by Crippen LogP contribution is -2.21. The maximum Gasteiger partial charge on any atom is 0.353 e. The molecule has 2 rings (SSSR count). The molecule has 0 radical (unpaired) electrons. The van der Waals surface area contributed by atoms with Crippen LogP contribution in [0.15, 0.2) is 30.6 Å². The Morgan fingerprint density at radius 2 is 1.96 bits per heavy atom. The predicted molar refractivity (Wildman–Crippen MR) is 91.3 cm³/mol. The third kappa shape index (κ3) is 4.15. The summed E-state index contributed by atoms with van der Waals surface area (Å²) in [6.07, 6.45) is 3.30. The maximum absolute atomic E-state index is 11.5. The van der Waals surface area contributed by atoms with Crippen LogP contribution in [-0.4, -0.2) is 28.5 Å². The van der Waals surface area contributed by atoms with Crippen LogP contribution in [0.2, 0.25) is 0 Å². The molecule has 0 unspecified atom stereocenters. The molecule has 0 bridgehead atoms. The van der Waals surface area contributed by atoms with Gasteiger partial charge in [-0.15, -0.1) is 0 Å². The van der Waals surface area contributed by atoms with Crippen molar-refractivity contribution < 1.29 is 4.92 Å². The highest BCUT2D eigenvalue weighted by molar-refractivity contribution is 5.74. The van der Waals surface area contributed by atoms with Gasteiger partial charge in [0.15, 0.2) is 0 Å². The fourth-order valence-electron chi connectivity index (χ4n) is 2.18. The van der Waals surface area contributed by atoms with Gasteiger partial charge in [-0.3, -0.25) is 10.1 Å². The van der Waals surface area contributed by atoms with Crippen molar-refractivity contribution >= 4 is 23.0 Å². The third-order valence-corrected chi connectivity index (χ3v) is 3.51. The van der Waals surface area contributed by atoms with Gasteiger partial charge in [0.25, 0.3) is 0 Å². The van der Waals surface area contributed by atoms with E-state index in [1.54, 1.807) is 11.9 Å². The summed E-state index contributed by atoms with van der Waals surface area (Å²) >= 11 is 0. The molecule has 1 N–H and O–H groups in total. The van der Waals surface area contributed by atoms with Crippen LogP contribution in [0.5, 0.6) is 0 Å². The van der Waals surface area contributed by atoms with E-state index in [0.717, 1.165) is 24.1 Å². The number of aryl methyl sites for hydroxylation is 1. The second kappa shape index (κ2) is 7.53. The van der Waals surface area contributed by atoms with E-state index in [9.17, 15) is 10.1 Å². The molecule has 7 heteroatoms. The minimum absolute atomic E-state index is 0.105. The van der Waals surface area contributed by atoms with Gasteiger partial charge in [0.1, 0.15) is 6.33 Å². The Bertz CT molecular complexity index is 673. The largest absolute Gasteiger partial charge is 0.354 e. The molecule has 23 heavy (non-hydrogen) atoms. The molecule has 0 amide bonds. The van der Waals surface area contributed by atoms with Gasteiger partial charge in [-0.25, -0.2) is 9.97 Å². The van der Waals surface area contributed by atoms with E-state index in [4.69, 9.17) is 0 Å². The van der Waals surface area contributed by atoms with E-state index < -0.39 is 4.92 Å². The van der Waals surface area contributed by atoms with Gasteiger partial charge in [-0.1, -0.05) is 31.0 Å². The Labute approximate surface area is 135 Å². The summed E-state index contributed by atoms with van der Waals surface area (Å²) in [5.74, 6) is 0.528. The van der Waals surface area contributed by atoms with Crippen LogP contribution in [0.1, 0.15) is 25.3 Å². The number of nitro groups is 1. The first-order chi connectivity index (χ1) is 11.0. The van der Waals surface area contributed by atoms with Crippen LogP contribution in [0.25, 0.3) is 0 Å². The van der Waals surface area contributed by atoms with Crippen molar-refractivity contribution in [1.29, 1.82) is 0 Å². The molecule has 0 fully saturated rings. The number of nitrogens with zero attached hydrogens (tertiary/aromatic N) is 4. The van der Waals surface area contributed by atoms with Crippen LogP contribution in [0.3, 0.4) is 0 Å². The lowest BCUT2D eigenvalue weighted by atomic mass is 10.2. The summed E-state index contributed by atoms with van der Waals surface area (Å²) in [6, 6.07) is 7.59. The van der Waals surface area contributed by atoms with Gasteiger partial charge in [0, 0.05) is 19.3 Å². The zero-order valence-corrected chi connectivity index (χ0v) is 13.6. The minimum atomic E-state index is -0.436. The summed E-state index contributed by atoms with van der Waals surface area (Å²) in [7, 11) is 1.81. The van der Waals surface area contributed by atoms with Gasteiger partial charge in [-0.05, 0) is 25.5 Å². The summed E-state index contributed by atoms with van der Waals surface area (Å²) in [4.78, 5) is 21.0. The van der Waals surface area contributed by atoms with Gasteiger partial charge >= 0.3 is 5.69 Å². The van der Waals surface area contributed by atoms with E-state index in [1.807, 2.05) is 31.2 Å². The van der Waals surface area contributed by atoms with E-state index in [1.165, 1.54) is 6.33 Å². The van der Waals surface area contributed by atoms with Crippen LogP contribution in [0, 0.1) is 17.0 Å². The first-order valence-electron chi connectivity index (χ1n) is 7.57. The predicted octanol–water partition coefficient (Wildman–Crippen LogP) is 3.67. The SMILES string of the molecule is CCCCN(C)c1ncnc(Nc2ccc(C)cc2)c1[N+](=O)[O-]. The lowest BCUT2D eigenvalue weighted by Gasteiger charge is -2.18. The number of aromatic nitrogens is 2. The molecule has 122 valence electrons. The molecule has 0 saturated carbocycles. The molecule has 7 nitrogen and oxygen atoms in total. The normalized spacial score (nSPS) is 10.4. The Balaban J connectivity index is 2.35. The Hall–Kier alpha value is -2.70. The van der Waals surface area contributed by atoms with Gasteiger partial charge in [0.2, 0.25) is 11.6 Å². The standard InChI is InChI=1S/C16H21N5O2/c1-4-5-10-20(3)16-14(21(22)23)15(17-11-18-16)19-13-8-6-12(2)7-9-13/h6-9,11H,4-5,10H2,1-3H3,(H,17,18,19). The maximum atomic E-state index is 11.5. The molecule has 0 aliphatic heterocycles. The number of benzene rings is 1. The fourth-order valence-corrected chi connectivity index (χ4v) is 2.18. The number of unbranched alkanes of at least 4 members (excludes halogenated alkanes) is 1. The number of anilines is 3. The van der Waals surface area contributed by atoms with E-state index in [2.05, 4.69) is 22.2 Å². The molecule has 0 aliphatic rings. The number of hydrogen-bond acceptors (Lipinski definition) is 6. The average molecular weight is 315 g/mol. The zero-order chi connectivity index (χ0) is 16.8. The average Bonchev–Trinajstić information content (AvgIpc) is 2.54. The number of nitrogens with one attached hydrogen (secondary N) is 1. The first-order valence-corrected chi connectivity index (χ1v) is 7.57. The quantitative estimate of drug-likeness (QED) is 0.620. The second-order valence-corrected chi connectivity index (χ2v) is 5.42. The van der Waals surface area contributed by atoms with Crippen LogP contribution in [0.4, 0.5) is 23.0 Å². The second-order valence-electron chi connectivity index (χ2n) is 5.42. The summed E-state index contributed by atoms with van der Waals surface area (Å²) in [5, 5.41) is 14.5. The highest BCUT2D eigenvalue weighted by Gasteiger charge is 2.25. The smallest absolute Gasteiger partial charge is 0.353 e. The summed E-state index contributed by atoms with van der Waals surface area (Å²) in [6.45, 7) is 4.77. The van der Waals surface area contributed by atoms with Crippen molar-refractivity contribution in [2.24, 2.45) is 0 Å². The van der Waals surface area contributed by atoms with Crippen LogP contribution < -0.4 is 10.2 Å². The fraction of sp³-hybridized carbons (Fsp3) is 0.375. The third-order valence-electron chi connectivity index (χ3n) is 3.51. The molecular formula is C16H21N5O2. The van der Waals surface area contributed by atoms with Crippen molar-refractivity contribution in [3.8, 4) is 0 Å². The molecule has 0 atom stereocenters. The summed E-state index contributed by atoms with van der Waals surface area (Å²) in [5.41, 5.74) is 1.76. The zero-order valence-electron chi connectivity index (χ0n) is 13.6. The molecule has 0 saturated heterocycles. The molecule has 1 aromatic heterocycles. The van der Waals surface area contributed by atoms with E-state index >= 15 is 0 Å². The van der Waals surface area contributed by atoms with E-state index in [0.29, 0.717) is 12.4 Å². The van der Waals surface area contributed by atoms with Gasteiger partial charge in [-0.2, -0.15) is 0 Å². The highest BCUT2D eigenvalue weighted by Crippen LogP contribution is 2.33. The van der Waals surface area contributed by atoms with Crippen LogP contribution >= 0.6 is 0 Å². The van der Waals surface area contributed by atoms with E-state index in [-0.39, 0.29) is 11.5 Å².